The number of carbonyl (C=O) groups excluding carboxylic acids is 2. The van der Waals surface area contributed by atoms with Gasteiger partial charge in [-0.05, 0) is 62.0 Å². The van der Waals surface area contributed by atoms with Crippen LogP contribution in [0.25, 0.3) is 11.1 Å². The average molecular weight is 400 g/mol. The maximum atomic E-state index is 12.7. The number of fused-ring (bicyclic) bond motifs is 1. The van der Waals surface area contributed by atoms with Crippen molar-refractivity contribution in [2.75, 3.05) is 19.0 Å². The lowest BCUT2D eigenvalue weighted by Crippen LogP contribution is -2.29. The highest BCUT2D eigenvalue weighted by Gasteiger charge is 2.36. The molecule has 0 atom stereocenters. The van der Waals surface area contributed by atoms with Gasteiger partial charge in [-0.25, -0.2) is 0 Å². The van der Waals surface area contributed by atoms with E-state index >= 15 is 0 Å². The number of phenolic OH excluding ortho intramolecular Hbond substituents is 1. The summed E-state index contributed by atoms with van der Waals surface area (Å²) in [6.45, 7) is 2.98. The van der Waals surface area contributed by atoms with Crippen LogP contribution in [-0.2, 0) is 17.9 Å². The van der Waals surface area contributed by atoms with Crippen LogP contribution in [0.15, 0.2) is 60.7 Å². The Balaban J connectivity index is 1.68. The van der Waals surface area contributed by atoms with Crippen LogP contribution in [0, 0.1) is 6.92 Å². The smallest absolute Gasteiger partial charge is 0.299 e. The Bertz CT molecular complexity index is 1130. The Kier molecular flexibility index (Phi) is 5.14. The molecule has 3 aromatic carbocycles. The fourth-order valence-electron chi connectivity index (χ4n) is 3.75. The van der Waals surface area contributed by atoms with Crippen LogP contribution in [0.3, 0.4) is 0 Å². The highest BCUT2D eigenvalue weighted by molar-refractivity contribution is 6.52. The first kappa shape index (κ1) is 19.9. The second kappa shape index (κ2) is 7.76. The van der Waals surface area contributed by atoms with Gasteiger partial charge in [-0.1, -0.05) is 42.0 Å². The van der Waals surface area contributed by atoms with E-state index < -0.39 is 11.7 Å². The van der Waals surface area contributed by atoms with E-state index in [4.69, 9.17) is 0 Å². The topological polar surface area (TPSA) is 60.9 Å². The Hall–Kier alpha value is -3.44. The first-order chi connectivity index (χ1) is 14.3. The molecule has 0 radical (unpaired) electrons. The summed E-state index contributed by atoms with van der Waals surface area (Å²) >= 11 is 0. The quantitative estimate of drug-likeness (QED) is 0.654. The largest absolute Gasteiger partial charge is 0.508 e. The third kappa shape index (κ3) is 3.72. The molecule has 1 heterocycles. The summed E-state index contributed by atoms with van der Waals surface area (Å²) in [7, 11) is 3.88. The molecule has 1 aliphatic heterocycles. The van der Waals surface area contributed by atoms with Crippen LogP contribution in [-0.4, -0.2) is 35.8 Å². The van der Waals surface area contributed by atoms with Crippen LogP contribution < -0.4 is 4.90 Å². The number of Topliss-reactive ketones (excluding diaryl/α,β-unsaturated/α-hetero) is 1. The molecule has 0 unspecified atom stereocenters. The molecule has 4 rings (SSSR count). The normalized spacial score (nSPS) is 13.3. The predicted molar refractivity (Wildman–Crippen MR) is 118 cm³/mol. The molecular weight excluding hydrogens is 376 g/mol. The Morgan fingerprint density at radius 2 is 1.57 bits per heavy atom. The second-order valence-electron chi connectivity index (χ2n) is 8.02. The van der Waals surface area contributed by atoms with Crippen molar-refractivity contribution >= 4 is 17.4 Å². The van der Waals surface area contributed by atoms with Gasteiger partial charge in [-0.15, -0.1) is 0 Å². The molecule has 1 aliphatic rings. The molecular formula is C25H24N2O3. The summed E-state index contributed by atoms with van der Waals surface area (Å²) < 4.78 is 0. The molecule has 0 saturated heterocycles. The van der Waals surface area contributed by atoms with E-state index in [0.29, 0.717) is 24.3 Å². The van der Waals surface area contributed by atoms with Gasteiger partial charge in [-0.2, -0.15) is 0 Å². The number of amides is 1. The van der Waals surface area contributed by atoms with E-state index in [1.165, 1.54) is 0 Å². The Labute approximate surface area is 176 Å². The number of hydrogen-bond donors (Lipinski definition) is 1. The molecule has 3 aromatic rings. The minimum absolute atomic E-state index is 0.240. The van der Waals surface area contributed by atoms with Crippen molar-refractivity contribution < 1.29 is 14.7 Å². The Morgan fingerprint density at radius 1 is 0.900 bits per heavy atom. The average Bonchev–Trinajstić information content (AvgIpc) is 2.95. The van der Waals surface area contributed by atoms with Gasteiger partial charge >= 0.3 is 0 Å². The number of aromatic hydroxyl groups is 1. The minimum Gasteiger partial charge on any atom is -0.508 e. The van der Waals surface area contributed by atoms with Crippen molar-refractivity contribution in [3.63, 3.8) is 0 Å². The molecule has 0 saturated carbocycles. The highest BCUT2D eigenvalue weighted by Crippen LogP contribution is 2.35. The maximum absolute atomic E-state index is 12.7. The van der Waals surface area contributed by atoms with Gasteiger partial charge in [-0.3, -0.25) is 9.59 Å². The van der Waals surface area contributed by atoms with Crippen LogP contribution in [0.1, 0.15) is 27.0 Å². The molecule has 5 nitrogen and oxygen atoms in total. The van der Waals surface area contributed by atoms with Crippen molar-refractivity contribution in [3.05, 3.63) is 82.9 Å². The fourth-order valence-corrected chi connectivity index (χ4v) is 3.75. The number of nitrogens with zero attached hydrogens (tertiary/aromatic N) is 2. The van der Waals surface area contributed by atoms with Gasteiger partial charge in [0, 0.05) is 12.1 Å². The summed E-state index contributed by atoms with van der Waals surface area (Å²) in [5.41, 5.74) is 5.73. The summed E-state index contributed by atoms with van der Waals surface area (Å²) in [5, 5.41) is 10.1. The van der Waals surface area contributed by atoms with Crippen molar-refractivity contribution in [1.29, 1.82) is 0 Å². The summed E-state index contributed by atoms with van der Waals surface area (Å²) in [5.74, 6) is -0.739. The third-order valence-electron chi connectivity index (χ3n) is 5.33. The third-order valence-corrected chi connectivity index (χ3v) is 5.33. The van der Waals surface area contributed by atoms with E-state index in [1.54, 1.807) is 17.0 Å². The molecule has 0 aliphatic carbocycles. The van der Waals surface area contributed by atoms with Gasteiger partial charge in [0.15, 0.2) is 0 Å². The molecule has 152 valence electrons. The van der Waals surface area contributed by atoms with Crippen LogP contribution in [0.2, 0.25) is 0 Å². The molecule has 5 heteroatoms. The molecule has 1 N–H and O–H groups in total. The molecule has 0 fully saturated rings. The zero-order valence-corrected chi connectivity index (χ0v) is 17.3. The lowest BCUT2D eigenvalue weighted by molar-refractivity contribution is -0.114. The van der Waals surface area contributed by atoms with E-state index in [0.717, 1.165) is 27.8 Å². The monoisotopic (exact) mass is 400 g/mol. The Morgan fingerprint density at radius 3 is 2.27 bits per heavy atom. The number of ketones is 1. The van der Waals surface area contributed by atoms with Gasteiger partial charge in [0.1, 0.15) is 5.75 Å². The predicted octanol–water partition coefficient (Wildman–Crippen LogP) is 4.16. The molecule has 1 amide bonds. The number of aryl methyl sites for hydroxylation is 1. The van der Waals surface area contributed by atoms with E-state index in [1.807, 2.05) is 74.4 Å². The zero-order chi connectivity index (χ0) is 21.4. The molecule has 30 heavy (non-hydrogen) atoms. The molecule has 0 aromatic heterocycles. The van der Waals surface area contributed by atoms with Gasteiger partial charge in [0.05, 0.1) is 17.8 Å². The van der Waals surface area contributed by atoms with E-state index in [9.17, 15) is 14.7 Å². The first-order valence-electron chi connectivity index (χ1n) is 9.86. The molecule has 0 bridgehead atoms. The van der Waals surface area contributed by atoms with Crippen molar-refractivity contribution in [1.82, 2.24) is 4.90 Å². The lowest BCUT2D eigenvalue weighted by atomic mass is 9.99. The SMILES string of the molecule is Cc1ccc(CN2C(=O)C(=O)c3cc(-c4ccc(O)c(CN(C)C)c4)ccc32)cc1. The second-order valence-corrected chi connectivity index (χ2v) is 8.02. The van der Waals surface area contributed by atoms with Crippen molar-refractivity contribution in [3.8, 4) is 16.9 Å². The number of anilines is 1. The highest BCUT2D eigenvalue weighted by atomic mass is 16.3. The van der Waals surface area contributed by atoms with Crippen molar-refractivity contribution in [2.45, 2.75) is 20.0 Å². The zero-order valence-electron chi connectivity index (χ0n) is 17.3. The first-order valence-corrected chi connectivity index (χ1v) is 9.86. The summed E-state index contributed by atoms with van der Waals surface area (Å²) in [6.07, 6.45) is 0. The number of rotatable bonds is 5. The van der Waals surface area contributed by atoms with Crippen LogP contribution >= 0.6 is 0 Å². The number of phenols is 1. The van der Waals surface area contributed by atoms with E-state index in [-0.39, 0.29) is 5.75 Å². The van der Waals surface area contributed by atoms with Crippen molar-refractivity contribution in [2.24, 2.45) is 0 Å². The number of carbonyl (C=O) groups is 2. The van der Waals surface area contributed by atoms with Gasteiger partial charge in [0.2, 0.25) is 0 Å². The number of hydrogen-bond acceptors (Lipinski definition) is 4. The summed E-state index contributed by atoms with van der Waals surface area (Å²) in [6, 6.07) is 18.9. The van der Waals surface area contributed by atoms with Gasteiger partial charge < -0.3 is 14.9 Å². The molecule has 0 spiro atoms. The number of benzene rings is 3. The van der Waals surface area contributed by atoms with E-state index in [2.05, 4.69) is 0 Å². The minimum atomic E-state index is -0.498. The lowest BCUT2D eigenvalue weighted by Gasteiger charge is -2.17. The standard InChI is InChI=1S/C25H24N2O3/c1-16-4-6-17(7-5-16)14-27-22-10-8-19(13-21(22)24(29)25(27)30)18-9-11-23(28)20(12-18)15-26(2)3/h4-13,28H,14-15H2,1-3H3. The van der Waals surface area contributed by atoms with Crippen LogP contribution in [0.4, 0.5) is 5.69 Å². The fraction of sp³-hybridized carbons (Fsp3) is 0.200. The summed E-state index contributed by atoms with van der Waals surface area (Å²) in [4.78, 5) is 28.8. The maximum Gasteiger partial charge on any atom is 0.299 e. The van der Waals surface area contributed by atoms with Crippen LogP contribution in [0.5, 0.6) is 5.75 Å². The van der Waals surface area contributed by atoms with Gasteiger partial charge in [0.25, 0.3) is 11.7 Å².